The maximum atomic E-state index is 13.5. The number of nitrogens with zero attached hydrogens (tertiary/aromatic N) is 1. The number of halogens is 1. The molecule has 2 N–H and O–H groups in total. The van der Waals surface area contributed by atoms with Gasteiger partial charge >= 0.3 is 6.03 Å². The number of anilines is 1. The van der Waals surface area contributed by atoms with Gasteiger partial charge in [-0.25, -0.2) is 4.79 Å². The maximum Gasteiger partial charge on any atom is 0.322 e. The smallest absolute Gasteiger partial charge is 0.322 e. The van der Waals surface area contributed by atoms with Gasteiger partial charge in [0.15, 0.2) is 0 Å². The number of fused-ring (bicyclic) bond motifs is 3. The van der Waals surface area contributed by atoms with Crippen LogP contribution in [0.15, 0.2) is 60.7 Å². The SMILES string of the molecule is Cc1ccc([C@H]2c3[nH]c4ccc(Cl)cc4c3CCN2C(=O)Nc2cc(C)ccc2C)cc1. The van der Waals surface area contributed by atoms with E-state index in [4.69, 9.17) is 11.6 Å². The van der Waals surface area contributed by atoms with E-state index >= 15 is 0 Å². The van der Waals surface area contributed by atoms with Gasteiger partial charge in [0.1, 0.15) is 0 Å². The first-order valence-electron chi connectivity index (χ1n) is 10.9. The molecule has 4 nitrogen and oxygen atoms in total. The quantitative estimate of drug-likeness (QED) is 0.347. The number of hydrogen-bond donors (Lipinski definition) is 2. The second kappa shape index (κ2) is 8.03. The predicted molar refractivity (Wildman–Crippen MR) is 132 cm³/mol. The molecule has 1 aromatic heterocycles. The molecule has 1 aliphatic heterocycles. The molecule has 0 fully saturated rings. The number of nitrogens with one attached hydrogen (secondary N) is 2. The van der Waals surface area contributed by atoms with Gasteiger partial charge in [-0.2, -0.15) is 0 Å². The van der Waals surface area contributed by atoms with Crippen LogP contribution in [0.5, 0.6) is 0 Å². The Balaban J connectivity index is 1.59. The van der Waals surface area contributed by atoms with E-state index in [-0.39, 0.29) is 12.1 Å². The Morgan fingerprint density at radius 2 is 1.75 bits per heavy atom. The fourth-order valence-electron chi connectivity index (χ4n) is 4.63. The lowest BCUT2D eigenvalue weighted by molar-refractivity contribution is 0.193. The second-order valence-corrected chi connectivity index (χ2v) is 9.15. The minimum Gasteiger partial charge on any atom is -0.356 e. The summed E-state index contributed by atoms with van der Waals surface area (Å²) < 4.78 is 0. The molecule has 5 heteroatoms. The highest BCUT2D eigenvalue weighted by Gasteiger charge is 2.34. The topological polar surface area (TPSA) is 48.1 Å². The molecule has 2 amide bonds. The van der Waals surface area contributed by atoms with Crippen LogP contribution in [0, 0.1) is 20.8 Å². The molecular weight excluding hydrogens is 418 g/mol. The summed E-state index contributed by atoms with van der Waals surface area (Å²) in [4.78, 5) is 19.1. The molecule has 0 radical (unpaired) electrons. The first-order valence-corrected chi connectivity index (χ1v) is 11.3. The van der Waals surface area contributed by atoms with Crippen molar-refractivity contribution in [1.29, 1.82) is 0 Å². The van der Waals surface area contributed by atoms with Crippen molar-refractivity contribution >= 4 is 34.2 Å². The maximum absolute atomic E-state index is 13.5. The number of H-pyrrole nitrogens is 1. The van der Waals surface area contributed by atoms with Crippen molar-refractivity contribution in [1.82, 2.24) is 9.88 Å². The van der Waals surface area contributed by atoms with Crippen LogP contribution in [-0.4, -0.2) is 22.5 Å². The van der Waals surface area contributed by atoms with Crippen molar-refractivity contribution in [2.45, 2.75) is 33.2 Å². The van der Waals surface area contributed by atoms with Crippen molar-refractivity contribution in [3.63, 3.8) is 0 Å². The molecule has 1 atom stereocenters. The number of aryl methyl sites for hydroxylation is 3. The summed E-state index contributed by atoms with van der Waals surface area (Å²) in [6.45, 7) is 6.75. The van der Waals surface area contributed by atoms with Crippen LogP contribution in [0.25, 0.3) is 10.9 Å². The number of hydrogen-bond acceptors (Lipinski definition) is 1. The molecule has 0 unspecified atom stereocenters. The van der Waals surface area contributed by atoms with Gasteiger partial charge in [-0.05, 0) is 73.7 Å². The number of urea groups is 1. The highest BCUT2D eigenvalue weighted by molar-refractivity contribution is 6.31. The monoisotopic (exact) mass is 443 g/mol. The molecule has 1 aliphatic rings. The Hall–Kier alpha value is -3.24. The van der Waals surface area contributed by atoms with Gasteiger partial charge in [-0.1, -0.05) is 53.6 Å². The third-order valence-electron chi connectivity index (χ3n) is 6.38. The fraction of sp³-hybridized carbons (Fsp3) is 0.222. The Morgan fingerprint density at radius 1 is 1.00 bits per heavy atom. The molecule has 2 heterocycles. The zero-order chi connectivity index (χ0) is 22.4. The highest BCUT2D eigenvalue weighted by atomic mass is 35.5. The molecule has 0 saturated carbocycles. The van der Waals surface area contributed by atoms with Crippen molar-refractivity contribution in [2.24, 2.45) is 0 Å². The van der Waals surface area contributed by atoms with E-state index < -0.39 is 0 Å². The lowest BCUT2D eigenvalue weighted by Crippen LogP contribution is -2.43. The fourth-order valence-corrected chi connectivity index (χ4v) is 4.80. The Labute approximate surface area is 193 Å². The van der Waals surface area contributed by atoms with Gasteiger partial charge in [0, 0.05) is 33.9 Å². The lowest BCUT2D eigenvalue weighted by Gasteiger charge is -2.36. The Morgan fingerprint density at radius 3 is 2.53 bits per heavy atom. The average molecular weight is 444 g/mol. The third-order valence-corrected chi connectivity index (χ3v) is 6.61. The molecular formula is C27H26ClN3O. The summed E-state index contributed by atoms with van der Waals surface area (Å²) in [5.74, 6) is 0. The summed E-state index contributed by atoms with van der Waals surface area (Å²) in [5.41, 5.74) is 8.66. The molecule has 0 spiro atoms. The number of benzene rings is 3. The third kappa shape index (κ3) is 3.65. The van der Waals surface area contributed by atoms with E-state index in [0.717, 1.165) is 50.4 Å². The zero-order valence-corrected chi connectivity index (χ0v) is 19.3. The Bertz CT molecular complexity index is 1320. The van der Waals surface area contributed by atoms with E-state index in [1.54, 1.807) is 0 Å². The summed E-state index contributed by atoms with van der Waals surface area (Å²) >= 11 is 6.30. The largest absolute Gasteiger partial charge is 0.356 e. The number of carbonyl (C=O) groups is 1. The van der Waals surface area contributed by atoms with Crippen LogP contribution in [0.2, 0.25) is 5.02 Å². The van der Waals surface area contributed by atoms with E-state index in [9.17, 15) is 4.79 Å². The molecule has 0 saturated heterocycles. The Kier molecular flexibility index (Phi) is 5.18. The summed E-state index contributed by atoms with van der Waals surface area (Å²) in [7, 11) is 0. The average Bonchev–Trinajstić information content (AvgIpc) is 3.14. The van der Waals surface area contributed by atoms with Gasteiger partial charge in [-0.3, -0.25) is 0 Å². The van der Waals surface area contributed by atoms with Crippen LogP contribution in [0.1, 0.15) is 39.6 Å². The van der Waals surface area contributed by atoms with Crippen LogP contribution >= 0.6 is 11.6 Å². The van der Waals surface area contributed by atoms with E-state index in [1.807, 2.05) is 49.1 Å². The lowest BCUT2D eigenvalue weighted by atomic mass is 9.92. The normalized spacial score (nSPS) is 15.6. The predicted octanol–water partition coefficient (Wildman–Crippen LogP) is 6.93. The van der Waals surface area contributed by atoms with Gasteiger partial charge in [0.25, 0.3) is 0 Å². The minimum absolute atomic E-state index is 0.0911. The standard InChI is InChI=1S/C27H26ClN3O/c1-16-5-8-19(9-6-16)26-25-21(22-15-20(28)10-11-23(22)29-25)12-13-31(26)27(32)30-24-14-17(2)4-7-18(24)3/h4-11,14-15,26,29H,12-13H2,1-3H3,(H,30,32)/t26-/m0/s1. The minimum atomic E-state index is -0.198. The van der Waals surface area contributed by atoms with E-state index in [1.165, 1.54) is 11.1 Å². The van der Waals surface area contributed by atoms with Crippen molar-refractivity contribution in [3.8, 4) is 0 Å². The first-order chi connectivity index (χ1) is 15.4. The molecule has 162 valence electrons. The second-order valence-electron chi connectivity index (χ2n) is 8.71. The summed E-state index contributed by atoms with van der Waals surface area (Å²) in [6.07, 6.45) is 0.776. The van der Waals surface area contributed by atoms with Crippen LogP contribution in [0.3, 0.4) is 0 Å². The number of rotatable bonds is 2. The molecule has 3 aromatic carbocycles. The van der Waals surface area contributed by atoms with Crippen LogP contribution < -0.4 is 5.32 Å². The van der Waals surface area contributed by atoms with Crippen LogP contribution in [-0.2, 0) is 6.42 Å². The van der Waals surface area contributed by atoms with Gasteiger partial charge < -0.3 is 15.2 Å². The van der Waals surface area contributed by atoms with Gasteiger partial charge in [0.2, 0.25) is 0 Å². The molecule has 0 aliphatic carbocycles. The number of amides is 2. The number of aromatic nitrogens is 1. The van der Waals surface area contributed by atoms with Crippen molar-refractivity contribution in [3.05, 3.63) is 99.2 Å². The van der Waals surface area contributed by atoms with Gasteiger partial charge in [-0.15, -0.1) is 0 Å². The molecule has 32 heavy (non-hydrogen) atoms. The first kappa shape index (κ1) is 20.7. The van der Waals surface area contributed by atoms with Gasteiger partial charge in [0.05, 0.1) is 6.04 Å². The van der Waals surface area contributed by atoms with Crippen molar-refractivity contribution < 1.29 is 4.79 Å². The summed E-state index contributed by atoms with van der Waals surface area (Å²) in [5, 5.41) is 5.02. The van der Waals surface area contributed by atoms with Crippen LogP contribution in [0.4, 0.5) is 10.5 Å². The van der Waals surface area contributed by atoms with E-state index in [0.29, 0.717) is 6.54 Å². The number of carbonyl (C=O) groups excluding carboxylic acids is 1. The number of aromatic amines is 1. The van der Waals surface area contributed by atoms with Crippen molar-refractivity contribution in [2.75, 3.05) is 11.9 Å². The molecule has 0 bridgehead atoms. The van der Waals surface area contributed by atoms with E-state index in [2.05, 4.69) is 47.6 Å². The zero-order valence-electron chi connectivity index (χ0n) is 18.5. The highest BCUT2D eigenvalue weighted by Crippen LogP contribution is 2.39. The summed E-state index contributed by atoms with van der Waals surface area (Å²) in [6, 6.07) is 20.2. The molecule has 4 aromatic rings. The molecule has 5 rings (SSSR count).